The SMILES string of the molecule is C=CC(=O)N1CCC(C(=O)Nc2cc(C)cc(Br)c2O)CC1. The maximum atomic E-state index is 12.3. The lowest BCUT2D eigenvalue weighted by Gasteiger charge is -2.30. The zero-order valence-corrected chi connectivity index (χ0v) is 14.0. The van der Waals surface area contributed by atoms with Crippen LogP contribution in [-0.2, 0) is 9.59 Å². The second-order valence-corrected chi connectivity index (χ2v) is 6.29. The van der Waals surface area contributed by atoms with Crippen LogP contribution in [0.4, 0.5) is 5.69 Å². The van der Waals surface area contributed by atoms with E-state index < -0.39 is 0 Å². The van der Waals surface area contributed by atoms with Gasteiger partial charge in [0.2, 0.25) is 11.8 Å². The molecule has 0 aliphatic carbocycles. The minimum absolute atomic E-state index is 0.0261. The number of benzene rings is 1. The number of halogens is 1. The van der Waals surface area contributed by atoms with Crippen LogP contribution in [0.5, 0.6) is 5.75 Å². The highest BCUT2D eigenvalue weighted by Crippen LogP contribution is 2.34. The van der Waals surface area contributed by atoms with Crippen molar-refractivity contribution < 1.29 is 14.7 Å². The Morgan fingerprint density at radius 1 is 1.41 bits per heavy atom. The molecule has 0 spiro atoms. The number of carbonyl (C=O) groups is 2. The number of phenols is 1. The highest BCUT2D eigenvalue weighted by Gasteiger charge is 2.27. The van der Waals surface area contributed by atoms with Gasteiger partial charge < -0.3 is 15.3 Å². The standard InChI is InChI=1S/C16H19BrN2O3/c1-3-14(20)19-6-4-11(5-7-19)16(22)18-13-9-10(2)8-12(17)15(13)21/h3,8-9,11,21H,1,4-7H2,2H3,(H,18,22). The van der Waals surface area contributed by atoms with Gasteiger partial charge in [0.25, 0.3) is 0 Å². The van der Waals surface area contributed by atoms with Gasteiger partial charge in [-0.15, -0.1) is 0 Å². The van der Waals surface area contributed by atoms with Crippen molar-refractivity contribution in [1.29, 1.82) is 0 Å². The molecule has 1 aliphatic rings. The summed E-state index contributed by atoms with van der Waals surface area (Å²) in [6.07, 6.45) is 2.51. The number of aryl methyl sites for hydroxylation is 1. The molecular formula is C16H19BrN2O3. The quantitative estimate of drug-likeness (QED) is 0.638. The van der Waals surface area contributed by atoms with Gasteiger partial charge in [-0.1, -0.05) is 6.58 Å². The first-order valence-corrected chi connectivity index (χ1v) is 7.93. The van der Waals surface area contributed by atoms with Gasteiger partial charge in [0.1, 0.15) is 0 Å². The van der Waals surface area contributed by atoms with Crippen molar-refractivity contribution in [3.8, 4) is 5.75 Å². The summed E-state index contributed by atoms with van der Waals surface area (Å²) in [5, 5.41) is 12.8. The van der Waals surface area contributed by atoms with Crippen molar-refractivity contribution in [2.45, 2.75) is 19.8 Å². The van der Waals surface area contributed by atoms with Crippen LogP contribution in [0, 0.1) is 12.8 Å². The zero-order valence-electron chi connectivity index (χ0n) is 12.4. The molecule has 0 aromatic heterocycles. The number of amides is 2. The summed E-state index contributed by atoms with van der Waals surface area (Å²) >= 11 is 3.26. The summed E-state index contributed by atoms with van der Waals surface area (Å²) in [6, 6.07) is 3.51. The van der Waals surface area contributed by atoms with Crippen LogP contribution in [0.3, 0.4) is 0 Å². The largest absolute Gasteiger partial charge is 0.505 e. The van der Waals surface area contributed by atoms with Crippen molar-refractivity contribution in [3.63, 3.8) is 0 Å². The molecule has 1 fully saturated rings. The first-order chi connectivity index (χ1) is 10.4. The Morgan fingerprint density at radius 3 is 2.64 bits per heavy atom. The van der Waals surface area contributed by atoms with E-state index in [0.29, 0.717) is 36.1 Å². The number of likely N-dealkylation sites (tertiary alicyclic amines) is 1. The smallest absolute Gasteiger partial charge is 0.245 e. The molecule has 1 aliphatic heterocycles. The number of hydrogen-bond donors (Lipinski definition) is 2. The zero-order chi connectivity index (χ0) is 16.3. The fourth-order valence-corrected chi connectivity index (χ4v) is 3.13. The molecule has 5 nitrogen and oxygen atoms in total. The summed E-state index contributed by atoms with van der Waals surface area (Å²) in [6.45, 7) is 6.45. The number of hydrogen-bond acceptors (Lipinski definition) is 3. The molecule has 0 atom stereocenters. The highest BCUT2D eigenvalue weighted by atomic mass is 79.9. The van der Waals surface area contributed by atoms with Crippen LogP contribution in [0.25, 0.3) is 0 Å². The van der Waals surface area contributed by atoms with Gasteiger partial charge in [-0.25, -0.2) is 0 Å². The second-order valence-electron chi connectivity index (χ2n) is 5.44. The second kappa shape index (κ2) is 6.96. The normalized spacial score (nSPS) is 15.5. The fourth-order valence-electron chi connectivity index (χ4n) is 2.56. The van der Waals surface area contributed by atoms with Gasteiger partial charge in [0, 0.05) is 19.0 Å². The molecule has 2 N–H and O–H groups in total. The van der Waals surface area contributed by atoms with Crippen molar-refractivity contribution in [3.05, 3.63) is 34.8 Å². The van der Waals surface area contributed by atoms with Crippen molar-refractivity contribution >= 4 is 33.4 Å². The van der Waals surface area contributed by atoms with Gasteiger partial charge >= 0.3 is 0 Å². The molecule has 1 heterocycles. The third-order valence-corrected chi connectivity index (χ3v) is 4.42. The fraction of sp³-hybridized carbons (Fsp3) is 0.375. The van der Waals surface area contributed by atoms with Crippen LogP contribution in [0.2, 0.25) is 0 Å². The summed E-state index contributed by atoms with van der Waals surface area (Å²) in [5.41, 5.74) is 1.34. The molecule has 2 amide bonds. The van der Waals surface area contributed by atoms with E-state index in [-0.39, 0.29) is 23.5 Å². The van der Waals surface area contributed by atoms with Crippen molar-refractivity contribution in [2.24, 2.45) is 5.92 Å². The first-order valence-electron chi connectivity index (χ1n) is 7.13. The van der Waals surface area contributed by atoms with E-state index in [0.717, 1.165) is 5.56 Å². The Balaban J connectivity index is 2.00. The number of aromatic hydroxyl groups is 1. The van der Waals surface area contributed by atoms with E-state index >= 15 is 0 Å². The summed E-state index contributed by atoms with van der Waals surface area (Å²) < 4.78 is 0.550. The Kier molecular flexibility index (Phi) is 5.24. The van der Waals surface area contributed by atoms with Crippen LogP contribution in [0.1, 0.15) is 18.4 Å². The Hall–Kier alpha value is -1.82. The molecule has 1 aromatic carbocycles. The maximum Gasteiger partial charge on any atom is 0.245 e. The lowest BCUT2D eigenvalue weighted by Crippen LogP contribution is -2.40. The van der Waals surface area contributed by atoms with Crippen molar-refractivity contribution in [1.82, 2.24) is 4.90 Å². The average molecular weight is 367 g/mol. The van der Waals surface area contributed by atoms with Crippen LogP contribution in [-0.4, -0.2) is 34.9 Å². The molecule has 6 heteroatoms. The van der Waals surface area contributed by atoms with Gasteiger partial charge in [-0.3, -0.25) is 9.59 Å². The number of nitrogens with zero attached hydrogens (tertiary/aromatic N) is 1. The van der Waals surface area contributed by atoms with Crippen LogP contribution < -0.4 is 5.32 Å². The molecule has 0 saturated carbocycles. The van der Waals surface area contributed by atoms with Crippen LogP contribution in [0.15, 0.2) is 29.3 Å². The van der Waals surface area contributed by atoms with Gasteiger partial charge in [0.15, 0.2) is 5.75 Å². The number of anilines is 1. The molecule has 0 radical (unpaired) electrons. The summed E-state index contributed by atoms with van der Waals surface area (Å²) in [4.78, 5) is 25.5. The number of piperidine rings is 1. The van der Waals surface area contributed by atoms with Crippen molar-refractivity contribution in [2.75, 3.05) is 18.4 Å². The number of rotatable bonds is 3. The molecular weight excluding hydrogens is 348 g/mol. The Morgan fingerprint density at radius 2 is 2.05 bits per heavy atom. The van der Waals surface area contributed by atoms with E-state index in [9.17, 15) is 14.7 Å². The predicted octanol–water partition coefficient (Wildman–Crippen LogP) is 2.83. The van der Waals surface area contributed by atoms with Gasteiger partial charge in [-0.05, 0) is 59.5 Å². The first kappa shape index (κ1) is 16.5. The molecule has 0 unspecified atom stereocenters. The monoisotopic (exact) mass is 366 g/mol. The molecule has 1 aromatic rings. The van der Waals surface area contributed by atoms with Crippen LogP contribution >= 0.6 is 15.9 Å². The topological polar surface area (TPSA) is 69.6 Å². The maximum absolute atomic E-state index is 12.3. The lowest BCUT2D eigenvalue weighted by atomic mass is 9.95. The Bertz CT molecular complexity index is 608. The predicted molar refractivity (Wildman–Crippen MR) is 88.7 cm³/mol. The minimum atomic E-state index is -0.160. The molecule has 1 saturated heterocycles. The summed E-state index contributed by atoms with van der Waals surface area (Å²) in [5.74, 6) is -0.358. The number of nitrogens with one attached hydrogen (secondary N) is 1. The number of carbonyl (C=O) groups excluding carboxylic acids is 2. The molecule has 118 valence electrons. The molecule has 22 heavy (non-hydrogen) atoms. The molecule has 0 bridgehead atoms. The third kappa shape index (κ3) is 3.68. The van der Waals surface area contributed by atoms with E-state index in [1.54, 1.807) is 17.0 Å². The van der Waals surface area contributed by atoms with E-state index in [1.165, 1.54) is 6.08 Å². The average Bonchev–Trinajstić information content (AvgIpc) is 2.51. The van der Waals surface area contributed by atoms with E-state index in [1.807, 2.05) is 6.92 Å². The molecule has 2 rings (SSSR count). The third-order valence-electron chi connectivity index (χ3n) is 3.82. The highest BCUT2D eigenvalue weighted by molar-refractivity contribution is 9.10. The van der Waals surface area contributed by atoms with E-state index in [4.69, 9.17) is 0 Å². The lowest BCUT2D eigenvalue weighted by molar-refractivity contribution is -0.130. The summed E-state index contributed by atoms with van der Waals surface area (Å²) in [7, 11) is 0. The van der Waals surface area contributed by atoms with Gasteiger partial charge in [0.05, 0.1) is 10.2 Å². The van der Waals surface area contributed by atoms with E-state index in [2.05, 4.69) is 27.8 Å². The number of phenolic OH excluding ortho intramolecular Hbond substituents is 1. The van der Waals surface area contributed by atoms with Gasteiger partial charge in [-0.2, -0.15) is 0 Å². The Labute approximate surface area is 138 Å². The minimum Gasteiger partial charge on any atom is -0.505 e.